The van der Waals surface area contributed by atoms with E-state index < -0.39 is 0 Å². The highest BCUT2D eigenvalue weighted by molar-refractivity contribution is 7.80. The van der Waals surface area contributed by atoms with Crippen molar-refractivity contribution in [3.05, 3.63) is 146 Å². The van der Waals surface area contributed by atoms with E-state index in [2.05, 4.69) is 163 Å². The first-order valence-electron chi connectivity index (χ1n) is 16.9. The third kappa shape index (κ3) is 7.01. The van der Waals surface area contributed by atoms with Crippen LogP contribution < -0.4 is 4.74 Å². The van der Waals surface area contributed by atoms with Gasteiger partial charge in [-0.2, -0.15) is 12.6 Å². The van der Waals surface area contributed by atoms with E-state index in [1.807, 2.05) is 0 Å². The van der Waals surface area contributed by atoms with Crippen LogP contribution in [0.5, 0.6) is 5.75 Å². The van der Waals surface area contributed by atoms with Crippen LogP contribution in [0.4, 0.5) is 0 Å². The summed E-state index contributed by atoms with van der Waals surface area (Å²) in [5.41, 5.74) is 10.8. The predicted molar refractivity (Wildman–Crippen MR) is 204 cm³/mol. The fraction of sp³-hybridized carbons (Fsp3) is 0.182. The molecule has 2 nitrogen and oxygen atoms in total. The normalized spacial score (nSPS) is 11.3. The Morgan fingerprint density at radius 3 is 1.55 bits per heavy atom. The Hall–Kier alpha value is -4.73. The molecular formula is C44H41NOS. The molecule has 0 fully saturated rings. The molecular weight excluding hydrogens is 591 g/mol. The summed E-state index contributed by atoms with van der Waals surface area (Å²) in [7, 11) is 0. The average Bonchev–Trinajstić information content (AvgIpc) is 3.46. The van der Waals surface area contributed by atoms with Gasteiger partial charge in [-0.15, -0.1) is 0 Å². The first kappa shape index (κ1) is 30.9. The van der Waals surface area contributed by atoms with Crippen molar-refractivity contribution in [2.24, 2.45) is 0 Å². The second-order valence-electron chi connectivity index (χ2n) is 12.3. The monoisotopic (exact) mass is 631 g/mol. The van der Waals surface area contributed by atoms with E-state index in [0.717, 1.165) is 35.8 Å². The second kappa shape index (κ2) is 14.8. The Morgan fingerprint density at radius 1 is 0.426 bits per heavy atom. The zero-order valence-corrected chi connectivity index (χ0v) is 27.7. The van der Waals surface area contributed by atoms with E-state index in [1.54, 1.807) is 0 Å². The van der Waals surface area contributed by atoms with Crippen LogP contribution in [0.25, 0.3) is 60.9 Å². The topological polar surface area (TPSA) is 14.2 Å². The highest BCUT2D eigenvalue weighted by atomic mass is 32.1. The molecule has 0 saturated carbocycles. The number of ether oxygens (including phenoxy) is 1. The highest BCUT2D eigenvalue weighted by Crippen LogP contribution is 2.38. The van der Waals surface area contributed by atoms with Gasteiger partial charge < -0.3 is 9.30 Å². The lowest BCUT2D eigenvalue weighted by atomic mass is 10.0. The Morgan fingerprint density at radius 2 is 0.936 bits per heavy atom. The van der Waals surface area contributed by atoms with Crippen LogP contribution in [0.1, 0.15) is 38.5 Å². The maximum Gasteiger partial charge on any atom is 0.119 e. The summed E-state index contributed by atoms with van der Waals surface area (Å²) in [5.74, 6) is 1.92. The van der Waals surface area contributed by atoms with E-state index in [4.69, 9.17) is 4.74 Å². The molecule has 0 bridgehead atoms. The summed E-state index contributed by atoms with van der Waals surface area (Å²) >= 11 is 4.31. The molecule has 0 spiro atoms. The number of thiol groups is 1. The third-order valence-corrected chi connectivity index (χ3v) is 9.39. The van der Waals surface area contributed by atoms with Crippen LogP contribution in [0.3, 0.4) is 0 Å². The molecule has 1 aromatic heterocycles. The van der Waals surface area contributed by atoms with Crippen molar-refractivity contribution < 1.29 is 4.74 Å². The zero-order chi connectivity index (χ0) is 31.8. The molecule has 47 heavy (non-hydrogen) atoms. The third-order valence-electron chi connectivity index (χ3n) is 9.07. The summed E-state index contributed by atoms with van der Waals surface area (Å²) in [6.07, 6.45) is 7.37. The van der Waals surface area contributed by atoms with Gasteiger partial charge in [0.15, 0.2) is 0 Å². The smallest absolute Gasteiger partial charge is 0.119 e. The van der Waals surface area contributed by atoms with Crippen LogP contribution in [-0.2, 0) is 0 Å². The van der Waals surface area contributed by atoms with Crippen molar-refractivity contribution >= 4 is 34.4 Å². The van der Waals surface area contributed by atoms with Gasteiger partial charge in [-0.3, -0.25) is 0 Å². The molecule has 0 N–H and O–H groups in total. The largest absolute Gasteiger partial charge is 0.494 e. The van der Waals surface area contributed by atoms with Crippen LogP contribution >= 0.6 is 12.6 Å². The van der Waals surface area contributed by atoms with Crippen LogP contribution in [-0.4, -0.2) is 16.9 Å². The van der Waals surface area contributed by atoms with Gasteiger partial charge in [0.25, 0.3) is 0 Å². The SMILES string of the molecule is SCCCCCCCCOc1cccc(-c2cccc(-n3c4ccc(-c5ccccc5)cc4c4cc(-c5ccccc5)ccc43)c2)c1. The van der Waals surface area contributed by atoms with Gasteiger partial charge >= 0.3 is 0 Å². The first-order chi connectivity index (χ1) is 23.3. The molecule has 0 amide bonds. The maximum atomic E-state index is 6.19. The molecule has 0 atom stereocenters. The molecule has 3 heteroatoms. The zero-order valence-electron chi connectivity index (χ0n) is 26.8. The van der Waals surface area contributed by atoms with Gasteiger partial charge in [0.1, 0.15) is 5.75 Å². The fourth-order valence-corrected chi connectivity index (χ4v) is 6.85. The predicted octanol–water partition coefficient (Wildman–Crippen LogP) is 12.4. The van der Waals surface area contributed by atoms with Gasteiger partial charge in [0.2, 0.25) is 0 Å². The molecule has 0 aliphatic heterocycles. The Bertz CT molecular complexity index is 1980. The van der Waals surface area contributed by atoms with Gasteiger partial charge in [0.05, 0.1) is 17.6 Å². The number of nitrogens with zero attached hydrogens (tertiary/aromatic N) is 1. The van der Waals surface area contributed by atoms with Crippen molar-refractivity contribution in [3.63, 3.8) is 0 Å². The summed E-state index contributed by atoms with van der Waals surface area (Å²) < 4.78 is 8.60. The van der Waals surface area contributed by atoms with Crippen LogP contribution in [0.2, 0.25) is 0 Å². The van der Waals surface area contributed by atoms with E-state index >= 15 is 0 Å². The summed E-state index contributed by atoms with van der Waals surface area (Å²) in [4.78, 5) is 0. The molecule has 0 radical (unpaired) electrons. The molecule has 1 heterocycles. The minimum absolute atomic E-state index is 0.757. The van der Waals surface area contributed by atoms with Crippen LogP contribution in [0.15, 0.2) is 146 Å². The number of rotatable bonds is 13. The Balaban J connectivity index is 1.22. The summed E-state index contributed by atoms with van der Waals surface area (Å²) in [5, 5.41) is 2.50. The number of hydrogen-bond acceptors (Lipinski definition) is 2. The van der Waals surface area contributed by atoms with Crippen molar-refractivity contribution in [3.8, 4) is 44.8 Å². The van der Waals surface area contributed by atoms with Crippen LogP contribution in [0, 0.1) is 0 Å². The number of unbranched alkanes of at least 4 members (excludes halogenated alkanes) is 5. The lowest BCUT2D eigenvalue weighted by molar-refractivity contribution is 0.304. The maximum absolute atomic E-state index is 6.19. The fourth-order valence-electron chi connectivity index (χ4n) is 6.62. The Kier molecular flexibility index (Phi) is 9.72. The van der Waals surface area contributed by atoms with Gasteiger partial charge in [-0.05, 0) is 101 Å². The lowest BCUT2D eigenvalue weighted by Gasteiger charge is -2.12. The average molecular weight is 632 g/mol. The lowest BCUT2D eigenvalue weighted by Crippen LogP contribution is -1.98. The molecule has 7 rings (SSSR count). The molecule has 7 aromatic rings. The van der Waals surface area contributed by atoms with Crippen molar-refractivity contribution in [2.45, 2.75) is 38.5 Å². The molecule has 6 aromatic carbocycles. The van der Waals surface area contributed by atoms with Crippen molar-refractivity contribution in [2.75, 3.05) is 12.4 Å². The number of fused-ring (bicyclic) bond motifs is 3. The van der Waals surface area contributed by atoms with Crippen molar-refractivity contribution in [1.82, 2.24) is 4.57 Å². The van der Waals surface area contributed by atoms with E-state index in [0.29, 0.717) is 0 Å². The highest BCUT2D eigenvalue weighted by Gasteiger charge is 2.15. The Labute approximate surface area is 284 Å². The quantitative estimate of drug-likeness (QED) is 0.0988. The summed E-state index contributed by atoms with van der Waals surface area (Å²) in [6, 6.07) is 52.5. The van der Waals surface area contributed by atoms with E-state index in [-0.39, 0.29) is 0 Å². The van der Waals surface area contributed by atoms with E-state index in [9.17, 15) is 0 Å². The molecule has 0 unspecified atom stereocenters. The minimum atomic E-state index is 0.757. The number of hydrogen-bond donors (Lipinski definition) is 1. The van der Waals surface area contributed by atoms with Gasteiger partial charge in [0, 0.05) is 16.5 Å². The molecule has 0 saturated heterocycles. The number of benzene rings is 6. The minimum Gasteiger partial charge on any atom is -0.494 e. The molecule has 234 valence electrons. The van der Waals surface area contributed by atoms with Gasteiger partial charge in [-0.1, -0.05) is 123 Å². The van der Waals surface area contributed by atoms with Crippen molar-refractivity contribution in [1.29, 1.82) is 0 Å². The van der Waals surface area contributed by atoms with E-state index in [1.165, 1.54) is 81.7 Å². The summed E-state index contributed by atoms with van der Waals surface area (Å²) in [6.45, 7) is 0.757. The van der Waals surface area contributed by atoms with Gasteiger partial charge in [-0.25, -0.2) is 0 Å². The molecule has 0 aliphatic carbocycles. The standard InChI is InChI=1S/C44H41NOS/c47-28-12-4-2-1-3-11-27-46-40-22-14-20-36(30-40)35-19-13-21-39(29-35)45-43-25-23-37(33-15-7-5-8-16-33)31-41(43)42-32-38(24-26-44(42)45)34-17-9-6-10-18-34/h5-10,13-26,29-32,47H,1-4,11-12,27-28H2. The second-order valence-corrected chi connectivity index (χ2v) is 12.8. The number of aromatic nitrogens is 1. The first-order valence-corrected chi connectivity index (χ1v) is 17.6. The molecule has 0 aliphatic rings.